The summed E-state index contributed by atoms with van der Waals surface area (Å²) < 4.78 is 6.90. The molecule has 11 nitrogen and oxygen atoms in total. The van der Waals surface area contributed by atoms with Gasteiger partial charge in [-0.05, 0) is 25.1 Å². The largest absolute Gasteiger partial charge is 0.494 e. The number of ketones is 1. The van der Waals surface area contributed by atoms with E-state index >= 15 is 0 Å². The molecule has 1 aliphatic rings. The number of H-pyrrole nitrogens is 1. The van der Waals surface area contributed by atoms with Crippen LogP contribution in [0.2, 0.25) is 0 Å². The number of methoxy groups -OCH3 is 1. The number of nitrogens with zero attached hydrogens (tertiary/aromatic N) is 5. The topological polar surface area (TPSA) is 134 Å². The SMILES string of the molecule is COc1cnc(-n2nccc2CO)c2[nH]cc(C(=O)C(=O)N3CCN(C(=O)c4ccccc4)C(C)C3)c12. The van der Waals surface area contributed by atoms with Crippen LogP contribution in [0.1, 0.15) is 33.3 Å². The number of carbonyl (C=O) groups is 3. The molecule has 0 radical (unpaired) electrons. The van der Waals surface area contributed by atoms with E-state index in [1.54, 1.807) is 23.1 Å². The highest BCUT2D eigenvalue weighted by molar-refractivity contribution is 6.45. The zero-order valence-corrected chi connectivity index (χ0v) is 20.4. The Morgan fingerprint density at radius 3 is 2.65 bits per heavy atom. The van der Waals surface area contributed by atoms with Gasteiger partial charge in [-0.25, -0.2) is 9.67 Å². The van der Waals surface area contributed by atoms with Crippen LogP contribution in [0.3, 0.4) is 0 Å². The highest BCUT2D eigenvalue weighted by Crippen LogP contribution is 2.32. The number of fused-ring (bicyclic) bond motifs is 1. The maximum Gasteiger partial charge on any atom is 0.295 e. The summed E-state index contributed by atoms with van der Waals surface area (Å²) in [5.41, 5.74) is 1.69. The van der Waals surface area contributed by atoms with Crippen LogP contribution in [-0.4, -0.2) is 85.0 Å². The van der Waals surface area contributed by atoms with Crippen molar-refractivity contribution in [3.8, 4) is 11.6 Å². The van der Waals surface area contributed by atoms with Gasteiger partial charge in [0.05, 0.1) is 42.1 Å². The first-order valence-electron chi connectivity index (χ1n) is 11.8. The molecule has 0 bridgehead atoms. The van der Waals surface area contributed by atoms with Crippen molar-refractivity contribution in [3.63, 3.8) is 0 Å². The molecule has 0 spiro atoms. The molecule has 2 amide bonds. The number of pyridine rings is 1. The fourth-order valence-corrected chi connectivity index (χ4v) is 4.69. The van der Waals surface area contributed by atoms with Crippen molar-refractivity contribution >= 4 is 28.5 Å². The first-order chi connectivity index (χ1) is 17.9. The Labute approximate surface area is 212 Å². The lowest BCUT2D eigenvalue weighted by molar-refractivity contribution is -0.128. The molecule has 190 valence electrons. The highest BCUT2D eigenvalue weighted by Gasteiger charge is 2.34. The van der Waals surface area contributed by atoms with E-state index in [2.05, 4.69) is 15.1 Å². The van der Waals surface area contributed by atoms with E-state index in [0.717, 1.165) is 0 Å². The Bertz CT molecular complexity index is 1480. The Balaban J connectivity index is 1.40. The predicted molar refractivity (Wildman–Crippen MR) is 134 cm³/mol. The number of aromatic nitrogens is 4. The van der Waals surface area contributed by atoms with Crippen LogP contribution in [-0.2, 0) is 11.4 Å². The van der Waals surface area contributed by atoms with Crippen molar-refractivity contribution in [2.24, 2.45) is 0 Å². The number of hydrogen-bond donors (Lipinski definition) is 2. The van der Waals surface area contributed by atoms with E-state index in [9.17, 15) is 19.5 Å². The molecule has 4 heterocycles. The molecule has 4 aromatic rings. The number of carbonyl (C=O) groups excluding carboxylic acids is 3. The van der Waals surface area contributed by atoms with E-state index in [1.165, 1.54) is 35.3 Å². The van der Waals surface area contributed by atoms with E-state index in [1.807, 2.05) is 25.1 Å². The lowest BCUT2D eigenvalue weighted by atomic mass is 10.1. The number of piperazine rings is 1. The fourth-order valence-electron chi connectivity index (χ4n) is 4.69. The number of amides is 2. The number of aliphatic hydroxyl groups excluding tert-OH is 1. The molecule has 37 heavy (non-hydrogen) atoms. The van der Waals surface area contributed by atoms with Crippen molar-refractivity contribution < 1.29 is 24.2 Å². The molecule has 11 heteroatoms. The molecular weight excluding hydrogens is 476 g/mol. The van der Waals surface area contributed by atoms with Gasteiger partial charge in [0.25, 0.3) is 17.6 Å². The van der Waals surface area contributed by atoms with Crippen molar-refractivity contribution in [3.05, 3.63) is 71.8 Å². The standard InChI is InChI=1S/C26H26N6O5/c1-16-14-30(10-11-31(16)25(35)17-6-4-3-5-7-17)26(36)23(34)19-12-27-22-21(19)20(37-2)13-28-24(22)32-18(15-33)8-9-29-32/h3-9,12-13,16,27,33H,10-11,14-15H2,1-2H3. The van der Waals surface area contributed by atoms with Gasteiger partial charge in [0, 0.05) is 43.6 Å². The summed E-state index contributed by atoms with van der Waals surface area (Å²) in [5.74, 6) is -0.776. The van der Waals surface area contributed by atoms with Gasteiger partial charge in [-0.3, -0.25) is 14.4 Å². The molecule has 0 saturated carbocycles. The fraction of sp³-hybridized carbons (Fsp3) is 0.269. The molecule has 5 rings (SSSR count). The number of rotatable bonds is 6. The smallest absolute Gasteiger partial charge is 0.295 e. The molecule has 1 saturated heterocycles. The summed E-state index contributed by atoms with van der Waals surface area (Å²) in [7, 11) is 1.46. The second-order valence-corrected chi connectivity index (χ2v) is 8.79. The highest BCUT2D eigenvalue weighted by atomic mass is 16.5. The minimum Gasteiger partial charge on any atom is -0.494 e. The Hall–Kier alpha value is -4.51. The van der Waals surface area contributed by atoms with Crippen LogP contribution in [0.4, 0.5) is 0 Å². The Kier molecular flexibility index (Phi) is 6.45. The summed E-state index contributed by atoms with van der Waals surface area (Å²) in [6.07, 6.45) is 4.44. The molecule has 3 aromatic heterocycles. The maximum absolute atomic E-state index is 13.4. The van der Waals surface area contributed by atoms with Gasteiger partial charge in [0.2, 0.25) is 0 Å². The van der Waals surface area contributed by atoms with E-state index in [-0.39, 0.29) is 37.2 Å². The zero-order valence-electron chi connectivity index (χ0n) is 20.4. The van der Waals surface area contributed by atoms with Gasteiger partial charge in [0.1, 0.15) is 5.75 Å². The van der Waals surface area contributed by atoms with Gasteiger partial charge >= 0.3 is 0 Å². The molecule has 1 fully saturated rings. The van der Waals surface area contributed by atoms with Crippen LogP contribution >= 0.6 is 0 Å². The predicted octanol–water partition coefficient (Wildman–Crippen LogP) is 1.81. The normalized spacial score (nSPS) is 15.7. The van der Waals surface area contributed by atoms with Crippen LogP contribution in [0, 0.1) is 0 Å². The third kappa shape index (κ3) is 4.23. The van der Waals surface area contributed by atoms with Crippen LogP contribution < -0.4 is 4.74 Å². The van der Waals surface area contributed by atoms with Crippen molar-refractivity contribution in [1.82, 2.24) is 29.5 Å². The van der Waals surface area contributed by atoms with Crippen LogP contribution in [0.15, 0.2) is 55.0 Å². The second kappa shape index (κ2) is 9.86. The first-order valence-corrected chi connectivity index (χ1v) is 11.8. The summed E-state index contributed by atoms with van der Waals surface area (Å²) in [6.45, 7) is 2.41. The minimum atomic E-state index is -0.695. The molecule has 1 aliphatic heterocycles. The molecule has 1 atom stereocenters. The van der Waals surface area contributed by atoms with Gasteiger partial charge in [-0.2, -0.15) is 5.10 Å². The number of Topliss-reactive ketones (excluding diaryl/α,β-unsaturated/α-hetero) is 1. The van der Waals surface area contributed by atoms with Crippen molar-refractivity contribution in [2.75, 3.05) is 26.7 Å². The van der Waals surface area contributed by atoms with Crippen LogP contribution in [0.25, 0.3) is 16.7 Å². The summed E-state index contributed by atoms with van der Waals surface area (Å²) in [6, 6.07) is 10.4. The third-order valence-electron chi connectivity index (χ3n) is 6.59. The number of benzene rings is 1. The molecule has 1 unspecified atom stereocenters. The zero-order chi connectivity index (χ0) is 26.1. The molecule has 1 aromatic carbocycles. The minimum absolute atomic E-state index is 0.103. The van der Waals surface area contributed by atoms with E-state index < -0.39 is 11.7 Å². The van der Waals surface area contributed by atoms with E-state index in [4.69, 9.17) is 4.74 Å². The Morgan fingerprint density at radius 2 is 1.95 bits per heavy atom. The lowest BCUT2D eigenvalue weighted by Gasteiger charge is -2.39. The average molecular weight is 503 g/mol. The number of nitrogens with one attached hydrogen (secondary N) is 1. The number of aliphatic hydroxyl groups is 1. The quantitative estimate of drug-likeness (QED) is 0.303. The number of ether oxygens (including phenoxy) is 1. The monoisotopic (exact) mass is 502 g/mol. The van der Waals surface area contributed by atoms with Gasteiger partial charge in [-0.1, -0.05) is 18.2 Å². The third-order valence-corrected chi connectivity index (χ3v) is 6.59. The molecule has 2 N–H and O–H groups in total. The summed E-state index contributed by atoms with van der Waals surface area (Å²) >= 11 is 0. The second-order valence-electron chi connectivity index (χ2n) is 8.79. The lowest BCUT2D eigenvalue weighted by Crippen LogP contribution is -2.56. The summed E-state index contributed by atoms with van der Waals surface area (Å²) in [5, 5.41) is 14.3. The Morgan fingerprint density at radius 1 is 1.16 bits per heavy atom. The van der Waals surface area contributed by atoms with Gasteiger partial charge in [-0.15, -0.1) is 0 Å². The van der Waals surface area contributed by atoms with E-state index in [0.29, 0.717) is 40.3 Å². The molecule has 0 aliphatic carbocycles. The van der Waals surface area contributed by atoms with Crippen LogP contribution in [0.5, 0.6) is 5.75 Å². The van der Waals surface area contributed by atoms with Crippen molar-refractivity contribution in [1.29, 1.82) is 0 Å². The first kappa shape index (κ1) is 24.2. The average Bonchev–Trinajstić information content (AvgIpc) is 3.59. The van der Waals surface area contributed by atoms with Gasteiger partial charge in [0.15, 0.2) is 5.82 Å². The molecular formula is C26H26N6O5. The van der Waals surface area contributed by atoms with Gasteiger partial charge < -0.3 is 24.6 Å². The maximum atomic E-state index is 13.4. The number of aromatic amines is 1. The van der Waals surface area contributed by atoms with Crippen molar-refractivity contribution in [2.45, 2.75) is 19.6 Å². The summed E-state index contributed by atoms with van der Waals surface area (Å²) in [4.78, 5) is 50.2. The number of hydrogen-bond acceptors (Lipinski definition) is 7.